The third kappa shape index (κ3) is 7.56. The van der Waals surface area contributed by atoms with Gasteiger partial charge < -0.3 is 16.0 Å². The standard InChI is InChI=1S/C32H31N3O2S2/c1-4-23-13-8-10-21(2)29(23)35-31(37)30(25-11-6-5-7-12-25)39-28-15-9-14-27(20-28)34-32(38)33-26-18-16-24(17-19-26)22(3)36/h5-20,30H,4H2,1-3H3,(H,35,37)(H2,33,34,38). The third-order valence-electron chi connectivity index (χ3n) is 6.22. The van der Waals surface area contributed by atoms with Gasteiger partial charge in [-0.25, -0.2) is 0 Å². The molecule has 39 heavy (non-hydrogen) atoms. The first kappa shape index (κ1) is 28.1. The predicted molar refractivity (Wildman–Crippen MR) is 167 cm³/mol. The van der Waals surface area contributed by atoms with Crippen molar-refractivity contribution in [2.45, 2.75) is 37.3 Å². The summed E-state index contributed by atoms with van der Waals surface area (Å²) in [5.41, 5.74) is 6.20. The average Bonchev–Trinajstić information content (AvgIpc) is 2.93. The van der Waals surface area contributed by atoms with Gasteiger partial charge in [-0.2, -0.15) is 0 Å². The number of Topliss-reactive ketones (excluding diaryl/α,β-unsaturated/α-hetero) is 1. The fraction of sp³-hybridized carbons (Fsp3) is 0.156. The predicted octanol–water partition coefficient (Wildman–Crippen LogP) is 8.04. The molecule has 1 atom stereocenters. The molecule has 1 unspecified atom stereocenters. The summed E-state index contributed by atoms with van der Waals surface area (Å²) in [5.74, 6) is -0.0523. The Balaban J connectivity index is 1.50. The molecule has 0 saturated carbocycles. The van der Waals surface area contributed by atoms with Crippen molar-refractivity contribution in [3.05, 3.63) is 119 Å². The minimum Gasteiger partial charge on any atom is -0.332 e. The molecule has 0 aliphatic heterocycles. The fourth-order valence-electron chi connectivity index (χ4n) is 4.16. The van der Waals surface area contributed by atoms with Crippen LogP contribution >= 0.6 is 24.0 Å². The van der Waals surface area contributed by atoms with Crippen molar-refractivity contribution in [2.75, 3.05) is 16.0 Å². The van der Waals surface area contributed by atoms with Crippen LogP contribution in [0.5, 0.6) is 0 Å². The van der Waals surface area contributed by atoms with E-state index in [4.69, 9.17) is 12.2 Å². The average molecular weight is 554 g/mol. The van der Waals surface area contributed by atoms with E-state index in [9.17, 15) is 9.59 Å². The molecule has 0 saturated heterocycles. The lowest BCUT2D eigenvalue weighted by Gasteiger charge is -2.20. The number of carbonyl (C=O) groups is 2. The summed E-state index contributed by atoms with van der Waals surface area (Å²) in [6.07, 6.45) is 0.836. The normalized spacial score (nSPS) is 11.4. The Hall–Kier alpha value is -3.94. The summed E-state index contributed by atoms with van der Waals surface area (Å²) in [5, 5.41) is 9.54. The highest BCUT2D eigenvalue weighted by molar-refractivity contribution is 8.00. The number of rotatable bonds is 9. The van der Waals surface area contributed by atoms with Gasteiger partial charge in [0.25, 0.3) is 0 Å². The van der Waals surface area contributed by atoms with Crippen molar-refractivity contribution >= 4 is 57.8 Å². The van der Waals surface area contributed by atoms with Crippen molar-refractivity contribution in [1.82, 2.24) is 0 Å². The zero-order valence-electron chi connectivity index (χ0n) is 22.2. The number of thiocarbonyl (C=S) groups is 1. The van der Waals surface area contributed by atoms with Crippen LogP contribution in [0.4, 0.5) is 17.1 Å². The first-order chi connectivity index (χ1) is 18.8. The first-order valence-corrected chi connectivity index (χ1v) is 14.0. The third-order valence-corrected chi connectivity index (χ3v) is 7.68. The molecule has 7 heteroatoms. The Morgan fingerprint density at radius 3 is 2.21 bits per heavy atom. The van der Waals surface area contributed by atoms with Gasteiger partial charge in [-0.15, -0.1) is 11.8 Å². The largest absolute Gasteiger partial charge is 0.332 e. The SMILES string of the molecule is CCc1cccc(C)c1NC(=O)C(Sc1cccc(NC(=S)Nc2ccc(C(C)=O)cc2)c1)c1ccccc1. The second-order valence-electron chi connectivity index (χ2n) is 9.10. The van der Waals surface area contributed by atoms with Gasteiger partial charge in [0, 0.05) is 27.5 Å². The summed E-state index contributed by atoms with van der Waals surface area (Å²) in [6.45, 7) is 5.65. The monoisotopic (exact) mass is 553 g/mol. The molecule has 4 aromatic rings. The second kappa shape index (κ2) is 13.2. The number of thioether (sulfide) groups is 1. The smallest absolute Gasteiger partial charge is 0.242 e. The number of carbonyl (C=O) groups excluding carboxylic acids is 2. The van der Waals surface area contributed by atoms with Gasteiger partial charge in [0.05, 0.1) is 0 Å². The summed E-state index contributed by atoms with van der Waals surface area (Å²) in [7, 11) is 0. The van der Waals surface area contributed by atoms with Crippen molar-refractivity contribution in [2.24, 2.45) is 0 Å². The van der Waals surface area contributed by atoms with Crippen LogP contribution in [0.1, 0.15) is 46.1 Å². The van der Waals surface area contributed by atoms with Crippen LogP contribution in [0.15, 0.2) is 102 Å². The van der Waals surface area contributed by atoms with E-state index < -0.39 is 5.25 Å². The molecule has 0 aromatic heterocycles. The number of anilines is 3. The van der Waals surface area contributed by atoms with E-state index in [2.05, 4.69) is 28.9 Å². The minimum absolute atomic E-state index is 0.0174. The van der Waals surface area contributed by atoms with E-state index >= 15 is 0 Å². The van der Waals surface area contributed by atoms with E-state index in [-0.39, 0.29) is 11.7 Å². The Labute approximate surface area is 239 Å². The van der Waals surface area contributed by atoms with Gasteiger partial charge in [-0.1, -0.05) is 61.5 Å². The summed E-state index contributed by atoms with van der Waals surface area (Å²) < 4.78 is 0. The Bertz CT molecular complexity index is 1470. The van der Waals surface area contributed by atoms with Crippen molar-refractivity contribution in [3.63, 3.8) is 0 Å². The van der Waals surface area contributed by atoms with Crippen LogP contribution < -0.4 is 16.0 Å². The zero-order chi connectivity index (χ0) is 27.8. The summed E-state index contributed by atoms with van der Waals surface area (Å²) in [6, 6.07) is 30.9. The first-order valence-electron chi connectivity index (χ1n) is 12.7. The number of para-hydroxylation sites is 1. The summed E-state index contributed by atoms with van der Waals surface area (Å²) >= 11 is 6.99. The number of ketones is 1. The number of amides is 1. The molecule has 198 valence electrons. The lowest BCUT2D eigenvalue weighted by atomic mass is 10.1. The van der Waals surface area contributed by atoms with Gasteiger partial charge in [-0.05, 0) is 91.6 Å². The molecule has 0 spiro atoms. The number of hydrogen-bond donors (Lipinski definition) is 3. The second-order valence-corrected chi connectivity index (χ2v) is 10.7. The van der Waals surface area contributed by atoms with Crippen LogP contribution in [0.3, 0.4) is 0 Å². The maximum atomic E-state index is 13.7. The quantitative estimate of drug-likeness (QED) is 0.111. The summed E-state index contributed by atoms with van der Waals surface area (Å²) in [4.78, 5) is 26.1. The molecule has 0 bridgehead atoms. The van der Waals surface area contributed by atoms with Crippen molar-refractivity contribution < 1.29 is 9.59 Å². The van der Waals surface area contributed by atoms with Crippen LogP contribution in [-0.4, -0.2) is 16.8 Å². The van der Waals surface area contributed by atoms with Gasteiger partial charge in [0.1, 0.15) is 5.25 Å². The van der Waals surface area contributed by atoms with E-state index in [0.29, 0.717) is 10.7 Å². The number of hydrogen-bond acceptors (Lipinski definition) is 4. The molecule has 4 rings (SSSR count). The number of nitrogens with one attached hydrogen (secondary N) is 3. The topological polar surface area (TPSA) is 70.2 Å². The Kier molecular flexibility index (Phi) is 9.52. The van der Waals surface area contributed by atoms with Gasteiger partial charge in [0.2, 0.25) is 5.91 Å². The van der Waals surface area contributed by atoms with E-state index in [1.807, 2.05) is 85.8 Å². The molecule has 0 fully saturated rings. The molecule has 0 radical (unpaired) electrons. The van der Waals surface area contributed by atoms with Crippen LogP contribution in [-0.2, 0) is 11.2 Å². The van der Waals surface area contributed by atoms with Crippen LogP contribution in [0, 0.1) is 6.92 Å². The molecule has 0 aliphatic carbocycles. The maximum absolute atomic E-state index is 13.7. The molecular formula is C32H31N3O2S2. The van der Waals surface area contributed by atoms with Gasteiger partial charge in [-0.3, -0.25) is 9.59 Å². The van der Waals surface area contributed by atoms with Gasteiger partial charge >= 0.3 is 0 Å². The fourth-order valence-corrected chi connectivity index (χ4v) is 5.48. The molecular weight excluding hydrogens is 523 g/mol. The number of benzene rings is 4. The molecule has 4 aromatic carbocycles. The van der Waals surface area contributed by atoms with E-state index in [0.717, 1.165) is 45.1 Å². The lowest BCUT2D eigenvalue weighted by molar-refractivity contribution is -0.115. The molecule has 0 aliphatic rings. The molecule has 5 nitrogen and oxygen atoms in total. The highest BCUT2D eigenvalue weighted by Crippen LogP contribution is 2.38. The van der Waals surface area contributed by atoms with Crippen molar-refractivity contribution in [1.29, 1.82) is 0 Å². The van der Waals surface area contributed by atoms with Gasteiger partial charge in [0.15, 0.2) is 10.9 Å². The van der Waals surface area contributed by atoms with Crippen molar-refractivity contribution in [3.8, 4) is 0 Å². The minimum atomic E-state index is -0.448. The lowest BCUT2D eigenvalue weighted by Crippen LogP contribution is -2.20. The van der Waals surface area contributed by atoms with Crippen LogP contribution in [0.2, 0.25) is 0 Å². The highest BCUT2D eigenvalue weighted by Gasteiger charge is 2.23. The number of aryl methyl sites for hydroxylation is 2. The molecule has 0 heterocycles. The zero-order valence-corrected chi connectivity index (χ0v) is 23.8. The highest BCUT2D eigenvalue weighted by atomic mass is 32.2. The Morgan fingerprint density at radius 2 is 1.51 bits per heavy atom. The van der Waals surface area contributed by atoms with E-state index in [1.165, 1.54) is 18.7 Å². The maximum Gasteiger partial charge on any atom is 0.242 e. The van der Waals surface area contributed by atoms with E-state index in [1.54, 1.807) is 12.1 Å². The Morgan fingerprint density at radius 1 is 0.821 bits per heavy atom. The molecule has 1 amide bonds. The van der Waals surface area contributed by atoms with Crippen LogP contribution in [0.25, 0.3) is 0 Å². The molecule has 3 N–H and O–H groups in total.